The van der Waals surface area contributed by atoms with E-state index in [1.54, 1.807) is 12.1 Å². The molecule has 0 heterocycles. The number of nitrogens with two attached hydrogens (primary N) is 1. The molecule has 138 valence electrons. The van der Waals surface area contributed by atoms with Crippen LogP contribution >= 0.6 is 0 Å². The van der Waals surface area contributed by atoms with Gasteiger partial charge in [-0.05, 0) is 47.5 Å². The van der Waals surface area contributed by atoms with Crippen LogP contribution in [-0.2, 0) is 0 Å². The smallest absolute Gasteiger partial charge is 0.170 e. The molecule has 0 aliphatic carbocycles. The third-order valence-corrected chi connectivity index (χ3v) is 4.10. The molecule has 0 unspecified atom stereocenters. The quantitative estimate of drug-likeness (QED) is 0.279. The Kier molecular flexibility index (Phi) is 4.94. The van der Waals surface area contributed by atoms with Gasteiger partial charge in [0, 0.05) is 22.8 Å². The molecule has 0 aliphatic heterocycles. The SMILES string of the molecule is COc1cc(F)ccc1-c1c(/C(N)=N/O)cc(F)cc1-c1ccc(O)cc1. The minimum Gasteiger partial charge on any atom is -0.508 e. The van der Waals surface area contributed by atoms with Crippen molar-refractivity contribution in [1.82, 2.24) is 0 Å². The Morgan fingerprint density at radius 3 is 2.30 bits per heavy atom. The van der Waals surface area contributed by atoms with Gasteiger partial charge in [0.1, 0.15) is 23.1 Å². The number of phenolic OH excluding ortho intramolecular Hbond substituents is 1. The van der Waals surface area contributed by atoms with Crippen molar-refractivity contribution in [2.45, 2.75) is 0 Å². The first-order valence-electron chi connectivity index (χ1n) is 7.89. The lowest BCUT2D eigenvalue weighted by Crippen LogP contribution is -2.15. The maximum atomic E-state index is 14.3. The molecule has 27 heavy (non-hydrogen) atoms. The summed E-state index contributed by atoms with van der Waals surface area (Å²) >= 11 is 0. The van der Waals surface area contributed by atoms with Crippen molar-refractivity contribution >= 4 is 5.84 Å². The van der Waals surface area contributed by atoms with Gasteiger partial charge in [-0.1, -0.05) is 17.3 Å². The van der Waals surface area contributed by atoms with E-state index in [4.69, 9.17) is 15.7 Å². The zero-order valence-corrected chi connectivity index (χ0v) is 14.3. The molecule has 5 nitrogen and oxygen atoms in total. The van der Waals surface area contributed by atoms with Gasteiger partial charge in [0.05, 0.1) is 7.11 Å². The highest BCUT2D eigenvalue weighted by molar-refractivity contribution is 6.07. The molecule has 0 saturated heterocycles. The Morgan fingerprint density at radius 1 is 0.963 bits per heavy atom. The molecule has 0 fully saturated rings. The number of amidine groups is 1. The molecule has 3 aromatic carbocycles. The minimum atomic E-state index is -0.607. The second-order valence-electron chi connectivity index (χ2n) is 5.75. The number of rotatable bonds is 4. The second-order valence-corrected chi connectivity index (χ2v) is 5.75. The van der Waals surface area contributed by atoms with Gasteiger partial charge in [0.15, 0.2) is 5.84 Å². The first-order chi connectivity index (χ1) is 12.9. The van der Waals surface area contributed by atoms with Crippen LogP contribution in [0, 0.1) is 11.6 Å². The highest BCUT2D eigenvalue weighted by Crippen LogP contribution is 2.41. The van der Waals surface area contributed by atoms with Crippen molar-refractivity contribution in [1.29, 1.82) is 0 Å². The van der Waals surface area contributed by atoms with Crippen LogP contribution < -0.4 is 10.5 Å². The van der Waals surface area contributed by atoms with Gasteiger partial charge in [-0.3, -0.25) is 0 Å². The topological polar surface area (TPSA) is 88.1 Å². The third kappa shape index (κ3) is 3.52. The van der Waals surface area contributed by atoms with Crippen LogP contribution in [0.5, 0.6) is 11.5 Å². The lowest BCUT2D eigenvalue weighted by atomic mass is 9.89. The molecule has 0 amide bonds. The minimum absolute atomic E-state index is 0.0488. The zero-order chi connectivity index (χ0) is 19.6. The van der Waals surface area contributed by atoms with E-state index in [0.29, 0.717) is 22.3 Å². The van der Waals surface area contributed by atoms with Gasteiger partial charge in [-0.25, -0.2) is 8.78 Å². The van der Waals surface area contributed by atoms with Crippen LogP contribution in [0.1, 0.15) is 5.56 Å². The van der Waals surface area contributed by atoms with Crippen LogP contribution in [0.2, 0.25) is 0 Å². The van der Waals surface area contributed by atoms with Crippen molar-refractivity contribution < 1.29 is 23.8 Å². The van der Waals surface area contributed by atoms with Crippen LogP contribution in [0.4, 0.5) is 8.78 Å². The Bertz CT molecular complexity index is 1020. The van der Waals surface area contributed by atoms with Crippen molar-refractivity contribution in [2.75, 3.05) is 7.11 Å². The largest absolute Gasteiger partial charge is 0.508 e. The van der Waals surface area contributed by atoms with Gasteiger partial charge < -0.3 is 20.8 Å². The van der Waals surface area contributed by atoms with Crippen LogP contribution in [0.15, 0.2) is 59.8 Å². The molecule has 0 atom stereocenters. The van der Waals surface area contributed by atoms with Crippen molar-refractivity contribution in [2.24, 2.45) is 10.9 Å². The first-order valence-corrected chi connectivity index (χ1v) is 7.89. The van der Waals surface area contributed by atoms with Crippen LogP contribution in [-0.4, -0.2) is 23.3 Å². The number of phenols is 1. The number of hydrogen-bond acceptors (Lipinski definition) is 4. The van der Waals surface area contributed by atoms with E-state index < -0.39 is 11.6 Å². The first kappa shape index (κ1) is 18.2. The van der Waals surface area contributed by atoms with Crippen LogP contribution in [0.3, 0.4) is 0 Å². The summed E-state index contributed by atoms with van der Waals surface area (Å²) < 4.78 is 33.2. The summed E-state index contributed by atoms with van der Waals surface area (Å²) in [6.07, 6.45) is 0. The summed E-state index contributed by atoms with van der Waals surface area (Å²) in [6, 6.07) is 12.4. The average Bonchev–Trinajstić information content (AvgIpc) is 2.67. The molecule has 3 rings (SSSR count). The van der Waals surface area contributed by atoms with Crippen LogP contribution in [0.25, 0.3) is 22.3 Å². The van der Waals surface area contributed by atoms with Gasteiger partial charge in [0.2, 0.25) is 0 Å². The van der Waals surface area contributed by atoms with E-state index in [2.05, 4.69) is 5.16 Å². The number of nitrogens with zero attached hydrogens (tertiary/aromatic N) is 1. The number of benzene rings is 3. The summed E-state index contributed by atoms with van der Waals surface area (Å²) in [5, 5.41) is 21.6. The molecule has 0 spiro atoms. The van der Waals surface area contributed by atoms with Gasteiger partial charge in [-0.15, -0.1) is 0 Å². The monoisotopic (exact) mass is 370 g/mol. The van der Waals surface area contributed by atoms with Crippen molar-refractivity contribution in [3.63, 3.8) is 0 Å². The van der Waals surface area contributed by atoms with E-state index in [0.717, 1.165) is 6.07 Å². The summed E-state index contributed by atoms with van der Waals surface area (Å²) in [5.41, 5.74) is 7.69. The van der Waals surface area contributed by atoms with E-state index >= 15 is 0 Å². The van der Waals surface area contributed by atoms with E-state index in [1.807, 2.05) is 0 Å². The Morgan fingerprint density at radius 2 is 1.67 bits per heavy atom. The lowest BCUT2D eigenvalue weighted by molar-refractivity contribution is 0.318. The molecular weight excluding hydrogens is 354 g/mol. The maximum Gasteiger partial charge on any atom is 0.170 e. The molecule has 0 aliphatic rings. The predicted octanol–water partition coefficient (Wildman–Crippen LogP) is 4.11. The number of halogens is 2. The van der Waals surface area contributed by atoms with Crippen molar-refractivity contribution in [3.8, 4) is 33.8 Å². The Hall–Kier alpha value is -3.61. The van der Waals surface area contributed by atoms with Gasteiger partial charge in [-0.2, -0.15) is 0 Å². The summed E-state index contributed by atoms with van der Waals surface area (Å²) in [6.45, 7) is 0. The maximum absolute atomic E-state index is 14.3. The highest BCUT2D eigenvalue weighted by Gasteiger charge is 2.20. The van der Waals surface area contributed by atoms with E-state index in [-0.39, 0.29) is 22.9 Å². The summed E-state index contributed by atoms with van der Waals surface area (Å²) in [4.78, 5) is 0. The average molecular weight is 370 g/mol. The fourth-order valence-corrected chi connectivity index (χ4v) is 2.89. The van der Waals surface area contributed by atoms with Gasteiger partial charge in [0.25, 0.3) is 0 Å². The van der Waals surface area contributed by atoms with Gasteiger partial charge >= 0.3 is 0 Å². The number of aromatic hydroxyl groups is 1. The zero-order valence-electron chi connectivity index (χ0n) is 14.3. The molecule has 7 heteroatoms. The van der Waals surface area contributed by atoms with Crippen molar-refractivity contribution in [3.05, 3.63) is 71.8 Å². The summed E-state index contributed by atoms with van der Waals surface area (Å²) in [5.74, 6) is -1.17. The lowest BCUT2D eigenvalue weighted by Gasteiger charge is -2.18. The fourth-order valence-electron chi connectivity index (χ4n) is 2.89. The predicted molar refractivity (Wildman–Crippen MR) is 98.0 cm³/mol. The standard InChI is InChI=1S/C20H16F2N2O3/c1-27-18-10-12(21)4-7-15(18)19-16(11-2-5-14(25)6-3-11)8-13(22)9-17(19)20(23)24-26/h2-10,25-26H,1H3,(H2,23,24). The molecular formula is C20H16F2N2O3. The normalized spacial score (nSPS) is 11.4. The van der Waals surface area contributed by atoms with E-state index in [1.165, 1.54) is 43.5 Å². The molecule has 4 N–H and O–H groups in total. The molecule has 0 bridgehead atoms. The second kappa shape index (κ2) is 7.33. The summed E-state index contributed by atoms with van der Waals surface area (Å²) in [7, 11) is 1.38. The number of methoxy groups -OCH3 is 1. The number of ether oxygens (including phenoxy) is 1. The molecule has 3 aromatic rings. The highest BCUT2D eigenvalue weighted by atomic mass is 19.1. The fraction of sp³-hybridized carbons (Fsp3) is 0.0500. The molecule has 0 aromatic heterocycles. The third-order valence-electron chi connectivity index (χ3n) is 4.10. The number of oxime groups is 1. The Balaban J connectivity index is 2.41. The number of hydrogen-bond donors (Lipinski definition) is 3. The molecule has 0 saturated carbocycles. The Labute approximate surface area is 153 Å². The molecule has 0 radical (unpaired) electrons. The van der Waals surface area contributed by atoms with E-state index in [9.17, 15) is 13.9 Å².